The average molecular weight is 288 g/mol. The molecule has 1 rings (SSSR count). The van der Waals surface area contributed by atoms with E-state index in [1.807, 2.05) is 0 Å². The highest BCUT2D eigenvalue weighted by molar-refractivity contribution is 7.92. The second-order valence-corrected chi connectivity index (χ2v) is 5.61. The Morgan fingerprint density at radius 2 is 2.11 bits per heavy atom. The predicted molar refractivity (Wildman–Crippen MR) is 67.5 cm³/mol. The smallest absolute Gasteiger partial charge is 0.304 e. The molecule has 1 aromatic rings. The molecule has 0 aliphatic rings. The van der Waals surface area contributed by atoms with Crippen molar-refractivity contribution in [2.24, 2.45) is 0 Å². The summed E-state index contributed by atoms with van der Waals surface area (Å²) in [5.41, 5.74) is 0.0319. The first-order chi connectivity index (χ1) is 8.73. The maximum absolute atomic E-state index is 11.6. The van der Waals surface area contributed by atoms with Gasteiger partial charge in [0.1, 0.15) is 0 Å². The molecule has 104 valence electrons. The highest BCUT2D eigenvalue weighted by Crippen LogP contribution is 2.25. The summed E-state index contributed by atoms with van der Waals surface area (Å²) in [5, 5.41) is 19.1. The van der Waals surface area contributed by atoms with Crippen molar-refractivity contribution >= 4 is 27.4 Å². The maximum Gasteiger partial charge on any atom is 0.304 e. The molecule has 2 N–H and O–H groups in total. The number of aliphatic carboxylic acids is 1. The molecule has 0 amide bonds. The van der Waals surface area contributed by atoms with Crippen LogP contribution in [0.5, 0.6) is 0 Å². The first kappa shape index (κ1) is 14.9. The normalized spacial score (nSPS) is 11.0. The lowest BCUT2D eigenvalue weighted by Crippen LogP contribution is -2.19. The molecule has 0 aliphatic heterocycles. The van der Waals surface area contributed by atoms with Gasteiger partial charge in [0.2, 0.25) is 10.0 Å². The van der Waals surface area contributed by atoms with Crippen LogP contribution in [0.4, 0.5) is 11.4 Å². The van der Waals surface area contributed by atoms with E-state index in [2.05, 4.69) is 4.72 Å². The van der Waals surface area contributed by atoms with Crippen LogP contribution in [0.3, 0.4) is 0 Å². The molecular formula is C10H12N2O6S. The minimum atomic E-state index is -3.85. The first-order valence-electron chi connectivity index (χ1n) is 5.19. The molecular weight excluding hydrogens is 276 g/mol. The lowest BCUT2D eigenvalue weighted by molar-refractivity contribution is -0.385. The molecule has 0 bridgehead atoms. The summed E-state index contributed by atoms with van der Waals surface area (Å²) < 4.78 is 25.3. The number of nitrogens with zero attached hydrogens (tertiary/aromatic N) is 1. The number of hydrogen-bond donors (Lipinski definition) is 2. The first-order valence-corrected chi connectivity index (χ1v) is 6.84. The molecule has 0 spiro atoms. The third-order valence-corrected chi connectivity index (χ3v) is 3.62. The molecule has 8 nitrogen and oxygen atoms in total. The van der Waals surface area contributed by atoms with Gasteiger partial charge in [-0.1, -0.05) is 6.07 Å². The zero-order chi connectivity index (χ0) is 14.6. The third kappa shape index (κ3) is 4.21. The number of nitrogens with one attached hydrogen (secondary N) is 1. The molecule has 0 saturated carbocycles. The number of sulfonamides is 1. The van der Waals surface area contributed by atoms with Crippen molar-refractivity contribution < 1.29 is 23.2 Å². The number of carboxylic acids is 1. The molecule has 19 heavy (non-hydrogen) atoms. The van der Waals surface area contributed by atoms with Crippen LogP contribution in [0.15, 0.2) is 18.2 Å². The Labute approximate surface area is 109 Å². The average Bonchev–Trinajstić information content (AvgIpc) is 2.29. The Morgan fingerprint density at radius 3 is 2.63 bits per heavy atom. The fraction of sp³-hybridized carbons (Fsp3) is 0.300. The van der Waals surface area contributed by atoms with Gasteiger partial charge >= 0.3 is 5.97 Å². The minimum Gasteiger partial charge on any atom is -0.481 e. The van der Waals surface area contributed by atoms with Crippen LogP contribution in [0, 0.1) is 17.0 Å². The van der Waals surface area contributed by atoms with E-state index in [-0.39, 0.29) is 16.9 Å². The Bertz CT molecular complexity index is 610. The number of nitro groups is 1. The molecule has 0 heterocycles. The van der Waals surface area contributed by atoms with Crippen LogP contribution in [-0.2, 0) is 14.8 Å². The summed E-state index contributed by atoms with van der Waals surface area (Å²) in [7, 11) is -3.85. The van der Waals surface area contributed by atoms with Crippen LogP contribution in [0.2, 0.25) is 0 Å². The van der Waals surface area contributed by atoms with E-state index in [1.54, 1.807) is 0 Å². The van der Waals surface area contributed by atoms with Crippen molar-refractivity contribution in [3.8, 4) is 0 Å². The van der Waals surface area contributed by atoms with E-state index in [0.29, 0.717) is 0 Å². The standard InChI is InChI=1S/C10H12N2O6S/c1-7-8(3-2-4-9(7)12(15)16)11-19(17,18)6-5-10(13)14/h2-4,11H,5-6H2,1H3,(H,13,14). The van der Waals surface area contributed by atoms with Crippen molar-refractivity contribution in [1.82, 2.24) is 0 Å². The minimum absolute atomic E-state index is 0.0691. The molecule has 1 aromatic carbocycles. The number of benzene rings is 1. The number of nitro benzene ring substituents is 1. The third-order valence-electron chi connectivity index (χ3n) is 2.35. The lowest BCUT2D eigenvalue weighted by Gasteiger charge is -2.09. The van der Waals surface area contributed by atoms with Gasteiger partial charge in [-0.05, 0) is 13.0 Å². The molecule has 0 atom stereocenters. The van der Waals surface area contributed by atoms with Gasteiger partial charge < -0.3 is 5.11 Å². The maximum atomic E-state index is 11.6. The molecule has 0 fully saturated rings. The van der Waals surface area contributed by atoms with Gasteiger partial charge in [-0.2, -0.15) is 0 Å². The number of hydrogen-bond acceptors (Lipinski definition) is 5. The summed E-state index contributed by atoms with van der Waals surface area (Å²) in [5.74, 6) is -1.83. The molecule has 0 aliphatic carbocycles. The fourth-order valence-corrected chi connectivity index (χ4v) is 2.47. The fourth-order valence-electron chi connectivity index (χ4n) is 1.37. The van der Waals surface area contributed by atoms with Crippen molar-refractivity contribution in [3.05, 3.63) is 33.9 Å². The largest absolute Gasteiger partial charge is 0.481 e. The molecule has 0 saturated heterocycles. The number of carboxylic acid groups (broad SMARTS) is 1. The van der Waals surface area contributed by atoms with Gasteiger partial charge in [-0.15, -0.1) is 0 Å². The lowest BCUT2D eigenvalue weighted by atomic mass is 10.2. The highest BCUT2D eigenvalue weighted by Gasteiger charge is 2.18. The quantitative estimate of drug-likeness (QED) is 0.596. The molecule has 0 radical (unpaired) electrons. The van der Waals surface area contributed by atoms with E-state index in [4.69, 9.17) is 5.11 Å². The Kier molecular flexibility index (Phi) is 4.43. The number of anilines is 1. The molecule has 0 unspecified atom stereocenters. The highest BCUT2D eigenvalue weighted by atomic mass is 32.2. The second-order valence-electron chi connectivity index (χ2n) is 3.77. The van der Waals surface area contributed by atoms with Crippen LogP contribution in [0.1, 0.15) is 12.0 Å². The SMILES string of the molecule is Cc1c(NS(=O)(=O)CCC(=O)O)cccc1[N+](=O)[O-]. The Hall–Kier alpha value is -2.16. The van der Waals surface area contributed by atoms with Crippen molar-refractivity contribution in [1.29, 1.82) is 0 Å². The van der Waals surface area contributed by atoms with Gasteiger partial charge in [0.15, 0.2) is 0 Å². The zero-order valence-corrected chi connectivity index (χ0v) is 10.8. The second kappa shape index (κ2) is 5.65. The predicted octanol–water partition coefficient (Wildman–Crippen LogP) is 1.12. The summed E-state index contributed by atoms with van der Waals surface area (Å²) in [6.45, 7) is 1.41. The van der Waals surface area contributed by atoms with Crippen molar-refractivity contribution in [3.63, 3.8) is 0 Å². The van der Waals surface area contributed by atoms with Gasteiger partial charge in [-0.3, -0.25) is 19.6 Å². The van der Waals surface area contributed by atoms with Gasteiger partial charge in [0, 0.05) is 6.07 Å². The van der Waals surface area contributed by atoms with E-state index < -0.39 is 33.1 Å². The van der Waals surface area contributed by atoms with Gasteiger partial charge in [0.25, 0.3) is 5.69 Å². The van der Waals surface area contributed by atoms with Gasteiger partial charge in [-0.25, -0.2) is 8.42 Å². The van der Waals surface area contributed by atoms with Crippen molar-refractivity contribution in [2.45, 2.75) is 13.3 Å². The Morgan fingerprint density at radius 1 is 1.47 bits per heavy atom. The summed E-state index contributed by atoms with van der Waals surface area (Å²) in [4.78, 5) is 20.4. The Balaban J connectivity index is 2.97. The monoisotopic (exact) mass is 288 g/mol. The van der Waals surface area contributed by atoms with E-state index >= 15 is 0 Å². The topological polar surface area (TPSA) is 127 Å². The van der Waals surface area contributed by atoms with Crippen LogP contribution < -0.4 is 4.72 Å². The van der Waals surface area contributed by atoms with E-state index in [0.717, 1.165) is 0 Å². The summed E-state index contributed by atoms with van der Waals surface area (Å²) >= 11 is 0. The van der Waals surface area contributed by atoms with Crippen LogP contribution in [0.25, 0.3) is 0 Å². The molecule has 9 heteroatoms. The van der Waals surface area contributed by atoms with Gasteiger partial charge in [0.05, 0.1) is 28.3 Å². The summed E-state index contributed by atoms with van der Waals surface area (Å²) in [6.07, 6.45) is -0.538. The van der Waals surface area contributed by atoms with Crippen molar-refractivity contribution in [2.75, 3.05) is 10.5 Å². The van der Waals surface area contributed by atoms with Crippen LogP contribution in [-0.4, -0.2) is 30.2 Å². The summed E-state index contributed by atoms with van der Waals surface area (Å²) in [6, 6.07) is 3.98. The number of carbonyl (C=O) groups is 1. The number of rotatable bonds is 6. The molecule has 0 aromatic heterocycles. The van der Waals surface area contributed by atoms with E-state index in [9.17, 15) is 23.3 Å². The zero-order valence-electron chi connectivity index (χ0n) is 9.99. The van der Waals surface area contributed by atoms with E-state index in [1.165, 1.54) is 25.1 Å². The van der Waals surface area contributed by atoms with Crippen LogP contribution >= 0.6 is 0 Å².